The Labute approximate surface area is 199 Å². The van der Waals surface area contributed by atoms with Crippen LogP contribution in [0.1, 0.15) is 49.6 Å². The maximum absolute atomic E-state index is 10.8. The molecular weight excluding hydrogens is 426 g/mol. The SMILES string of the molecule is CCCCC(=Cc1nnc(-c2ccc(CNCCC(=O)O)c3ccccc23)o1)c1ccccc1. The molecule has 0 atom stereocenters. The van der Waals surface area contributed by atoms with Gasteiger partial charge in [0.1, 0.15) is 0 Å². The van der Waals surface area contributed by atoms with E-state index >= 15 is 0 Å². The summed E-state index contributed by atoms with van der Waals surface area (Å²) in [5, 5.41) is 22.8. The highest BCUT2D eigenvalue weighted by Gasteiger charge is 2.14. The summed E-state index contributed by atoms with van der Waals surface area (Å²) in [6, 6.07) is 22.4. The molecule has 0 amide bonds. The Hall–Kier alpha value is -3.77. The second-order valence-corrected chi connectivity index (χ2v) is 8.22. The zero-order valence-corrected chi connectivity index (χ0v) is 19.3. The molecule has 0 saturated carbocycles. The van der Waals surface area contributed by atoms with Crippen molar-refractivity contribution in [3.63, 3.8) is 0 Å². The second kappa shape index (κ2) is 11.4. The van der Waals surface area contributed by atoms with Crippen molar-refractivity contribution in [2.24, 2.45) is 0 Å². The third-order valence-corrected chi connectivity index (χ3v) is 5.76. The van der Waals surface area contributed by atoms with Crippen LogP contribution < -0.4 is 5.32 Å². The maximum Gasteiger partial charge on any atom is 0.304 e. The topological polar surface area (TPSA) is 88.2 Å². The van der Waals surface area contributed by atoms with Crippen LogP contribution in [-0.2, 0) is 11.3 Å². The lowest BCUT2D eigenvalue weighted by Gasteiger charge is -2.10. The zero-order valence-electron chi connectivity index (χ0n) is 19.3. The number of carbonyl (C=O) groups is 1. The van der Waals surface area contributed by atoms with E-state index in [0.717, 1.165) is 41.2 Å². The first-order chi connectivity index (χ1) is 16.7. The number of carboxylic acid groups (broad SMARTS) is 1. The van der Waals surface area contributed by atoms with Gasteiger partial charge in [-0.25, -0.2) is 0 Å². The molecular formula is C28H29N3O3. The van der Waals surface area contributed by atoms with E-state index in [9.17, 15) is 4.79 Å². The summed E-state index contributed by atoms with van der Waals surface area (Å²) in [5.74, 6) is 0.170. The zero-order chi connectivity index (χ0) is 23.8. The molecule has 0 spiro atoms. The van der Waals surface area contributed by atoms with E-state index in [1.807, 2.05) is 54.6 Å². The number of nitrogens with one attached hydrogen (secondary N) is 1. The van der Waals surface area contributed by atoms with Gasteiger partial charge in [-0.3, -0.25) is 4.79 Å². The molecule has 0 bridgehead atoms. The lowest BCUT2D eigenvalue weighted by molar-refractivity contribution is -0.136. The van der Waals surface area contributed by atoms with Gasteiger partial charge in [-0.05, 0) is 46.4 Å². The number of benzene rings is 3. The molecule has 1 heterocycles. The Morgan fingerprint density at radius 3 is 2.50 bits per heavy atom. The van der Waals surface area contributed by atoms with Crippen LogP contribution in [0.5, 0.6) is 0 Å². The highest BCUT2D eigenvalue weighted by atomic mass is 16.4. The minimum atomic E-state index is -0.806. The van der Waals surface area contributed by atoms with Gasteiger partial charge >= 0.3 is 5.97 Å². The molecule has 2 N–H and O–H groups in total. The summed E-state index contributed by atoms with van der Waals surface area (Å²) in [6.45, 7) is 3.19. The van der Waals surface area contributed by atoms with Crippen molar-refractivity contribution in [2.45, 2.75) is 39.2 Å². The third kappa shape index (κ3) is 5.77. The number of fused-ring (bicyclic) bond motifs is 1. The van der Waals surface area contributed by atoms with E-state index < -0.39 is 5.97 Å². The molecule has 6 heteroatoms. The number of rotatable bonds is 11. The quantitative estimate of drug-likeness (QED) is 0.262. The predicted molar refractivity (Wildman–Crippen MR) is 135 cm³/mol. The van der Waals surface area contributed by atoms with Crippen molar-refractivity contribution < 1.29 is 14.3 Å². The standard InChI is InChI=1S/C28H29N3O3/c1-2-3-9-21(20-10-5-4-6-11-20)18-26-30-31-28(34-26)25-15-14-22(19-29-17-16-27(32)33)23-12-7-8-13-24(23)25/h4-8,10-15,18,29H,2-3,9,16-17,19H2,1H3,(H,32,33). The van der Waals surface area contributed by atoms with Gasteiger partial charge < -0.3 is 14.8 Å². The number of aromatic nitrogens is 2. The average molecular weight is 456 g/mol. The molecule has 0 aliphatic heterocycles. The maximum atomic E-state index is 10.8. The number of hydrogen-bond donors (Lipinski definition) is 2. The van der Waals surface area contributed by atoms with Gasteiger partial charge in [-0.2, -0.15) is 0 Å². The highest BCUT2D eigenvalue weighted by molar-refractivity contribution is 5.97. The minimum absolute atomic E-state index is 0.0948. The van der Waals surface area contributed by atoms with Crippen LogP contribution >= 0.6 is 0 Å². The summed E-state index contributed by atoms with van der Waals surface area (Å²) >= 11 is 0. The largest absolute Gasteiger partial charge is 0.481 e. The number of carboxylic acids is 1. The van der Waals surface area contributed by atoms with Gasteiger partial charge in [-0.1, -0.05) is 74.0 Å². The number of aliphatic carboxylic acids is 1. The van der Waals surface area contributed by atoms with E-state index in [1.54, 1.807) is 0 Å². The summed E-state index contributed by atoms with van der Waals surface area (Å²) in [7, 11) is 0. The Kier molecular flexibility index (Phi) is 7.83. The molecule has 0 radical (unpaired) electrons. The first-order valence-electron chi connectivity index (χ1n) is 11.7. The van der Waals surface area contributed by atoms with Crippen molar-refractivity contribution >= 4 is 28.4 Å². The Morgan fingerprint density at radius 1 is 0.971 bits per heavy atom. The van der Waals surface area contributed by atoms with Crippen molar-refractivity contribution in [3.05, 3.63) is 83.7 Å². The molecule has 3 aromatic carbocycles. The van der Waals surface area contributed by atoms with Crippen molar-refractivity contribution in [1.82, 2.24) is 15.5 Å². The second-order valence-electron chi connectivity index (χ2n) is 8.22. The van der Waals surface area contributed by atoms with E-state index in [2.05, 4.69) is 40.6 Å². The normalized spacial score (nSPS) is 11.7. The average Bonchev–Trinajstić information content (AvgIpc) is 3.33. The van der Waals surface area contributed by atoms with Crippen molar-refractivity contribution in [3.8, 4) is 11.5 Å². The van der Waals surface area contributed by atoms with Gasteiger partial charge in [0, 0.05) is 24.7 Å². The van der Waals surface area contributed by atoms with Gasteiger partial charge in [-0.15, -0.1) is 10.2 Å². The molecule has 4 aromatic rings. The first-order valence-corrected chi connectivity index (χ1v) is 11.7. The number of nitrogens with zero attached hydrogens (tertiary/aromatic N) is 2. The van der Waals surface area contributed by atoms with Crippen LogP contribution in [0.4, 0.5) is 0 Å². The Bertz CT molecular complexity index is 1280. The molecule has 0 fully saturated rings. The summed E-state index contributed by atoms with van der Waals surface area (Å²) in [4.78, 5) is 10.8. The first kappa shape index (κ1) is 23.4. The molecule has 0 unspecified atom stereocenters. The molecule has 1 aromatic heterocycles. The molecule has 34 heavy (non-hydrogen) atoms. The lowest BCUT2D eigenvalue weighted by Crippen LogP contribution is -2.17. The van der Waals surface area contributed by atoms with Gasteiger partial charge in [0.25, 0.3) is 0 Å². The fraction of sp³-hybridized carbons (Fsp3) is 0.250. The molecule has 0 aliphatic rings. The number of hydrogen-bond acceptors (Lipinski definition) is 5. The number of allylic oxidation sites excluding steroid dienone is 1. The van der Waals surface area contributed by atoms with E-state index in [-0.39, 0.29) is 6.42 Å². The van der Waals surface area contributed by atoms with Crippen LogP contribution in [0.2, 0.25) is 0 Å². The summed E-state index contributed by atoms with van der Waals surface area (Å²) in [5.41, 5.74) is 4.33. The monoisotopic (exact) mass is 455 g/mol. The van der Waals surface area contributed by atoms with Crippen LogP contribution in [0, 0.1) is 0 Å². The van der Waals surface area contributed by atoms with Gasteiger partial charge in [0.05, 0.1) is 6.42 Å². The molecule has 0 aliphatic carbocycles. The van der Waals surface area contributed by atoms with Crippen molar-refractivity contribution in [2.75, 3.05) is 6.54 Å². The third-order valence-electron chi connectivity index (χ3n) is 5.76. The van der Waals surface area contributed by atoms with E-state index in [4.69, 9.17) is 9.52 Å². The van der Waals surface area contributed by atoms with Crippen LogP contribution in [0.25, 0.3) is 33.9 Å². The fourth-order valence-corrected chi connectivity index (χ4v) is 3.99. The lowest BCUT2D eigenvalue weighted by atomic mass is 9.99. The van der Waals surface area contributed by atoms with Gasteiger partial charge in [0.15, 0.2) is 0 Å². The van der Waals surface area contributed by atoms with E-state index in [1.165, 1.54) is 11.1 Å². The smallest absolute Gasteiger partial charge is 0.304 e. The van der Waals surface area contributed by atoms with Crippen LogP contribution in [0.15, 0.2) is 71.1 Å². The Balaban J connectivity index is 1.62. The van der Waals surface area contributed by atoms with Gasteiger partial charge in [0.2, 0.25) is 11.8 Å². The molecule has 0 saturated heterocycles. The fourth-order valence-electron chi connectivity index (χ4n) is 3.99. The predicted octanol–water partition coefficient (Wildman–Crippen LogP) is 6.18. The molecule has 6 nitrogen and oxygen atoms in total. The highest BCUT2D eigenvalue weighted by Crippen LogP contribution is 2.31. The summed E-state index contributed by atoms with van der Waals surface area (Å²) in [6.07, 6.45) is 5.24. The van der Waals surface area contributed by atoms with Crippen LogP contribution in [0.3, 0.4) is 0 Å². The minimum Gasteiger partial charge on any atom is -0.481 e. The molecule has 174 valence electrons. The van der Waals surface area contributed by atoms with Crippen LogP contribution in [-0.4, -0.2) is 27.8 Å². The summed E-state index contributed by atoms with van der Waals surface area (Å²) < 4.78 is 6.10. The van der Waals surface area contributed by atoms with Crippen molar-refractivity contribution in [1.29, 1.82) is 0 Å². The number of unbranched alkanes of at least 4 members (excludes halogenated alkanes) is 1. The van der Waals surface area contributed by atoms with E-state index in [0.29, 0.717) is 24.9 Å². The Morgan fingerprint density at radius 2 is 1.74 bits per heavy atom. The molecule has 4 rings (SSSR count).